The van der Waals surface area contributed by atoms with Gasteiger partial charge >= 0.3 is 5.97 Å². The van der Waals surface area contributed by atoms with Crippen molar-refractivity contribution in [3.63, 3.8) is 0 Å². The largest absolute Gasteiger partial charge is 0.452 e. The minimum atomic E-state index is -0.811. The van der Waals surface area contributed by atoms with Gasteiger partial charge in [-0.15, -0.1) is 0 Å². The third kappa shape index (κ3) is 4.46. The molecule has 3 aromatic rings. The van der Waals surface area contributed by atoms with Crippen LogP contribution < -0.4 is 5.32 Å². The molecule has 1 heterocycles. The van der Waals surface area contributed by atoms with E-state index in [1.165, 1.54) is 25.1 Å². The van der Waals surface area contributed by atoms with E-state index in [1.54, 1.807) is 17.7 Å². The van der Waals surface area contributed by atoms with E-state index in [-0.39, 0.29) is 16.8 Å². The smallest absolute Gasteiger partial charge is 0.339 e. The number of nitro benzene ring substituents is 1. The average molecular weight is 394 g/mol. The number of carbonyl (C=O) groups excluding carboxylic acids is 2. The molecule has 3 rings (SSSR count). The van der Waals surface area contributed by atoms with Crippen LogP contribution in [-0.2, 0) is 9.53 Å². The number of para-hydroxylation sites is 1. The highest BCUT2D eigenvalue weighted by Crippen LogP contribution is 2.22. The Balaban J connectivity index is 1.68. The van der Waals surface area contributed by atoms with Crippen LogP contribution in [0.15, 0.2) is 54.6 Å². The van der Waals surface area contributed by atoms with Crippen molar-refractivity contribution in [2.24, 2.45) is 0 Å². The van der Waals surface area contributed by atoms with Crippen LogP contribution in [-0.4, -0.2) is 33.2 Å². The summed E-state index contributed by atoms with van der Waals surface area (Å²) in [4.78, 5) is 34.9. The average Bonchev–Trinajstić information content (AvgIpc) is 3.06. The number of amides is 1. The van der Waals surface area contributed by atoms with Crippen LogP contribution >= 0.6 is 0 Å². The molecular formula is C20H18N4O5. The molecule has 0 bridgehead atoms. The quantitative estimate of drug-likeness (QED) is 0.390. The molecule has 0 aliphatic heterocycles. The van der Waals surface area contributed by atoms with Crippen molar-refractivity contribution in [1.29, 1.82) is 0 Å². The van der Waals surface area contributed by atoms with Gasteiger partial charge in [0.05, 0.1) is 21.9 Å². The highest BCUT2D eigenvalue weighted by atomic mass is 16.6. The lowest BCUT2D eigenvalue weighted by Gasteiger charge is -2.10. The minimum absolute atomic E-state index is 0.0390. The SMILES string of the molecule is Cc1cc(NC(=O)COC(=O)c2cccc([N+](=O)[O-])c2C)n(-c2ccccc2)n1. The van der Waals surface area contributed by atoms with Crippen LogP contribution in [0.2, 0.25) is 0 Å². The van der Waals surface area contributed by atoms with Crippen LogP contribution in [0.5, 0.6) is 0 Å². The third-order valence-electron chi connectivity index (χ3n) is 4.16. The van der Waals surface area contributed by atoms with Crippen LogP contribution in [0.3, 0.4) is 0 Å². The van der Waals surface area contributed by atoms with E-state index >= 15 is 0 Å². The first kappa shape index (κ1) is 19.7. The van der Waals surface area contributed by atoms with Crippen molar-refractivity contribution in [2.45, 2.75) is 13.8 Å². The summed E-state index contributed by atoms with van der Waals surface area (Å²) in [7, 11) is 0. The van der Waals surface area contributed by atoms with Crippen molar-refractivity contribution >= 4 is 23.4 Å². The number of carbonyl (C=O) groups is 2. The van der Waals surface area contributed by atoms with Crippen LogP contribution in [0.1, 0.15) is 21.6 Å². The molecule has 0 aliphatic rings. The van der Waals surface area contributed by atoms with E-state index in [0.29, 0.717) is 11.5 Å². The number of rotatable bonds is 6. The van der Waals surface area contributed by atoms with Crippen molar-refractivity contribution < 1.29 is 19.2 Å². The van der Waals surface area contributed by atoms with E-state index in [1.807, 2.05) is 30.3 Å². The Labute approximate surface area is 166 Å². The molecule has 0 aliphatic carbocycles. The second-order valence-corrected chi connectivity index (χ2v) is 6.25. The number of anilines is 1. The Morgan fingerprint density at radius 1 is 1.14 bits per heavy atom. The molecule has 0 saturated carbocycles. The molecule has 29 heavy (non-hydrogen) atoms. The fourth-order valence-corrected chi connectivity index (χ4v) is 2.78. The summed E-state index contributed by atoms with van der Waals surface area (Å²) in [6, 6.07) is 15.0. The Morgan fingerprint density at radius 2 is 1.86 bits per heavy atom. The van der Waals surface area contributed by atoms with E-state index < -0.39 is 23.4 Å². The zero-order valence-corrected chi connectivity index (χ0v) is 15.8. The van der Waals surface area contributed by atoms with Crippen molar-refractivity contribution in [2.75, 3.05) is 11.9 Å². The molecule has 0 spiro atoms. The Bertz CT molecular complexity index is 1080. The summed E-state index contributed by atoms with van der Waals surface area (Å²) in [6.45, 7) is 2.70. The second kappa shape index (κ2) is 8.34. The van der Waals surface area contributed by atoms with E-state index in [2.05, 4.69) is 10.4 Å². The number of benzene rings is 2. The predicted molar refractivity (Wildman–Crippen MR) is 105 cm³/mol. The summed E-state index contributed by atoms with van der Waals surface area (Å²) >= 11 is 0. The molecule has 9 nitrogen and oxygen atoms in total. The first-order valence-electron chi connectivity index (χ1n) is 8.70. The molecule has 1 aromatic heterocycles. The molecule has 9 heteroatoms. The van der Waals surface area contributed by atoms with E-state index in [9.17, 15) is 19.7 Å². The molecule has 1 N–H and O–H groups in total. The molecular weight excluding hydrogens is 376 g/mol. The lowest BCUT2D eigenvalue weighted by atomic mass is 10.1. The molecule has 1 amide bonds. The monoisotopic (exact) mass is 394 g/mol. The summed E-state index contributed by atoms with van der Waals surface area (Å²) in [5.74, 6) is -0.936. The van der Waals surface area contributed by atoms with Crippen molar-refractivity contribution in [1.82, 2.24) is 9.78 Å². The first-order chi connectivity index (χ1) is 13.9. The number of aromatic nitrogens is 2. The number of hydrogen-bond acceptors (Lipinski definition) is 6. The van der Waals surface area contributed by atoms with Gasteiger partial charge < -0.3 is 10.1 Å². The highest BCUT2D eigenvalue weighted by molar-refractivity contribution is 5.96. The standard InChI is InChI=1S/C20H18N4O5/c1-13-11-18(23(22-13)15-7-4-3-5-8-15)21-19(25)12-29-20(26)16-9-6-10-17(14(16)2)24(27)28/h3-11H,12H2,1-2H3,(H,21,25). The lowest BCUT2D eigenvalue weighted by molar-refractivity contribution is -0.385. The molecule has 2 aromatic carbocycles. The number of nitrogens with one attached hydrogen (secondary N) is 1. The Kier molecular flexibility index (Phi) is 5.68. The van der Waals surface area contributed by atoms with Gasteiger partial charge in [0.25, 0.3) is 11.6 Å². The maximum Gasteiger partial charge on any atom is 0.339 e. The molecule has 0 unspecified atom stereocenters. The zero-order chi connectivity index (χ0) is 21.0. The maximum absolute atomic E-state index is 12.3. The van der Waals surface area contributed by atoms with Gasteiger partial charge in [-0.2, -0.15) is 5.10 Å². The van der Waals surface area contributed by atoms with E-state index in [4.69, 9.17) is 4.74 Å². The number of aryl methyl sites for hydroxylation is 1. The van der Waals surface area contributed by atoms with Crippen LogP contribution in [0, 0.1) is 24.0 Å². The van der Waals surface area contributed by atoms with E-state index in [0.717, 1.165) is 5.69 Å². The van der Waals surface area contributed by atoms with Gasteiger partial charge in [-0.1, -0.05) is 24.3 Å². The molecule has 148 valence electrons. The van der Waals surface area contributed by atoms with Gasteiger partial charge in [-0.3, -0.25) is 14.9 Å². The number of esters is 1. The summed E-state index contributed by atoms with van der Waals surface area (Å²) in [6.07, 6.45) is 0. The maximum atomic E-state index is 12.3. The van der Waals surface area contributed by atoms with Gasteiger partial charge in [0.1, 0.15) is 5.82 Å². The number of ether oxygens (including phenoxy) is 1. The first-order valence-corrected chi connectivity index (χ1v) is 8.70. The number of hydrogen-bond donors (Lipinski definition) is 1. The fraction of sp³-hybridized carbons (Fsp3) is 0.150. The van der Waals surface area contributed by atoms with Crippen LogP contribution in [0.4, 0.5) is 11.5 Å². The van der Waals surface area contributed by atoms with Gasteiger partial charge in [0.2, 0.25) is 0 Å². The van der Waals surface area contributed by atoms with Gasteiger partial charge in [0.15, 0.2) is 6.61 Å². The number of nitrogens with zero attached hydrogens (tertiary/aromatic N) is 3. The highest BCUT2D eigenvalue weighted by Gasteiger charge is 2.20. The molecule has 0 saturated heterocycles. The van der Waals surface area contributed by atoms with Gasteiger partial charge in [0, 0.05) is 17.7 Å². The summed E-state index contributed by atoms with van der Waals surface area (Å²) < 4.78 is 6.60. The normalized spacial score (nSPS) is 10.4. The Hall–Kier alpha value is -4.01. The van der Waals surface area contributed by atoms with Gasteiger partial charge in [-0.05, 0) is 32.0 Å². The number of nitro groups is 1. The minimum Gasteiger partial charge on any atom is -0.452 e. The lowest BCUT2D eigenvalue weighted by Crippen LogP contribution is -2.22. The van der Waals surface area contributed by atoms with Crippen LogP contribution in [0.25, 0.3) is 5.69 Å². The third-order valence-corrected chi connectivity index (χ3v) is 4.16. The topological polar surface area (TPSA) is 116 Å². The Morgan fingerprint density at radius 3 is 2.55 bits per heavy atom. The van der Waals surface area contributed by atoms with Crippen molar-refractivity contribution in [3.8, 4) is 5.69 Å². The summed E-state index contributed by atoms with van der Waals surface area (Å²) in [5, 5.41) is 18.0. The van der Waals surface area contributed by atoms with Gasteiger partial charge in [-0.25, -0.2) is 9.48 Å². The molecule has 0 fully saturated rings. The predicted octanol–water partition coefficient (Wildman–Crippen LogP) is 3.19. The van der Waals surface area contributed by atoms with Crippen molar-refractivity contribution in [3.05, 3.63) is 81.5 Å². The zero-order valence-electron chi connectivity index (χ0n) is 15.8. The molecule has 0 atom stereocenters. The summed E-state index contributed by atoms with van der Waals surface area (Å²) in [5.41, 5.74) is 1.50. The molecule has 0 radical (unpaired) electrons. The second-order valence-electron chi connectivity index (χ2n) is 6.25. The fourth-order valence-electron chi connectivity index (χ4n) is 2.78.